The van der Waals surface area contributed by atoms with Gasteiger partial charge in [-0.1, -0.05) is 13.8 Å². The van der Waals surface area contributed by atoms with Gasteiger partial charge in [0.1, 0.15) is 16.5 Å². The summed E-state index contributed by atoms with van der Waals surface area (Å²) in [6.07, 6.45) is 1.90. The molecule has 0 aliphatic carbocycles. The van der Waals surface area contributed by atoms with Crippen LogP contribution in [0.25, 0.3) is 0 Å². The van der Waals surface area contributed by atoms with Gasteiger partial charge in [0.25, 0.3) is 0 Å². The Bertz CT molecular complexity index is 797. The summed E-state index contributed by atoms with van der Waals surface area (Å²) < 4.78 is 53.7. The SMILES string of the molecule is CC1CC(C)CN(C(=O)C2CCN(S(=O)(=O)c3cc(F)ccc3F)CC2)C1. The van der Waals surface area contributed by atoms with Crippen molar-refractivity contribution < 1.29 is 22.0 Å². The van der Waals surface area contributed by atoms with Crippen LogP contribution in [0.4, 0.5) is 8.78 Å². The maximum Gasteiger partial charge on any atom is 0.246 e. The zero-order chi connectivity index (χ0) is 19.8. The van der Waals surface area contributed by atoms with Gasteiger partial charge in [-0.05, 0) is 49.3 Å². The molecular weight excluding hydrogens is 374 g/mol. The van der Waals surface area contributed by atoms with Crippen LogP contribution in [-0.2, 0) is 14.8 Å². The molecular formula is C19H26F2N2O3S. The molecule has 3 rings (SSSR count). The molecule has 27 heavy (non-hydrogen) atoms. The Morgan fingerprint density at radius 1 is 1.07 bits per heavy atom. The van der Waals surface area contributed by atoms with Gasteiger partial charge in [-0.25, -0.2) is 17.2 Å². The molecule has 0 saturated carbocycles. The second-order valence-corrected chi connectivity index (χ2v) is 9.85. The Labute approximate surface area is 159 Å². The summed E-state index contributed by atoms with van der Waals surface area (Å²) in [5.41, 5.74) is 0. The molecule has 1 amide bonds. The van der Waals surface area contributed by atoms with Crippen molar-refractivity contribution in [3.63, 3.8) is 0 Å². The summed E-state index contributed by atoms with van der Waals surface area (Å²) in [7, 11) is -4.11. The van der Waals surface area contributed by atoms with Crippen molar-refractivity contribution in [3.8, 4) is 0 Å². The fourth-order valence-corrected chi connectivity index (χ4v) is 5.80. The number of hydrogen-bond donors (Lipinski definition) is 0. The van der Waals surface area contributed by atoms with Gasteiger partial charge in [-0.15, -0.1) is 0 Å². The highest BCUT2D eigenvalue weighted by Crippen LogP contribution is 2.29. The minimum Gasteiger partial charge on any atom is -0.342 e. The van der Waals surface area contributed by atoms with E-state index >= 15 is 0 Å². The maximum absolute atomic E-state index is 13.9. The zero-order valence-electron chi connectivity index (χ0n) is 15.7. The first-order valence-corrected chi connectivity index (χ1v) is 10.9. The van der Waals surface area contributed by atoms with Gasteiger partial charge in [0, 0.05) is 32.1 Å². The van der Waals surface area contributed by atoms with Gasteiger partial charge in [-0.2, -0.15) is 4.31 Å². The molecule has 8 heteroatoms. The van der Waals surface area contributed by atoms with Crippen molar-refractivity contribution in [2.24, 2.45) is 17.8 Å². The van der Waals surface area contributed by atoms with E-state index in [1.807, 2.05) is 4.90 Å². The van der Waals surface area contributed by atoms with Crippen molar-refractivity contribution in [3.05, 3.63) is 29.8 Å². The Morgan fingerprint density at radius 2 is 1.67 bits per heavy atom. The molecule has 1 aromatic carbocycles. The number of hydrogen-bond acceptors (Lipinski definition) is 3. The van der Waals surface area contributed by atoms with Gasteiger partial charge in [0.15, 0.2) is 0 Å². The van der Waals surface area contributed by atoms with Crippen molar-refractivity contribution in [2.45, 2.75) is 38.0 Å². The lowest BCUT2D eigenvalue weighted by atomic mass is 9.89. The van der Waals surface area contributed by atoms with Crippen LogP contribution in [0.1, 0.15) is 33.1 Å². The number of rotatable bonds is 3. The Balaban J connectivity index is 1.66. The van der Waals surface area contributed by atoms with Crippen LogP contribution in [0.2, 0.25) is 0 Å². The first-order valence-electron chi connectivity index (χ1n) is 9.42. The van der Waals surface area contributed by atoms with Crippen molar-refractivity contribution in [1.82, 2.24) is 9.21 Å². The lowest BCUT2D eigenvalue weighted by molar-refractivity contribution is -0.139. The molecule has 150 valence electrons. The second kappa shape index (κ2) is 7.83. The first kappa shape index (κ1) is 20.2. The lowest BCUT2D eigenvalue weighted by Gasteiger charge is -2.39. The molecule has 2 aliphatic rings. The molecule has 2 fully saturated rings. The van der Waals surface area contributed by atoms with E-state index < -0.39 is 26.6 Å². The molecule has 2 heterocycles. The molecule has 2 saturated heterocycles. The minimum absolute atomic E-state index is 0.0855. The number of likely N-dealkylation sites (tertiary alicyclic amines) is 1. The third-order valence-electron chi connectivity index (χ3n) is 5.49. The highest BCUT2D eigenvalue weighted by atomic mass is 32.2. The van der Waals surface area contributed by atoms with E-state index in [4.69, 9.17) is 0 Å². The number of carbonyl (C=O) groups is 1. The molecule has 0 N–H and O–H groups in total. The van der Waals surface area contributed by atoms with Crippen LogP contribution in [0.15, 0.2) is 23.1 Å². The van der Waals surface area contributed by atoms with Gasteiger partial charge < -0.3 is 4.90 Å². The second-order valence-electron chi connectivity index (χ2n) is 7.94. The number of halogens is 2. The highest BCUT2D eigenvalue weighted by molar-refractivity contribution is 7.89. The normalized spacial score (nSPS) is 25.6. The predicted octanol–water partition coefficient (Wildman–Crippen LogP) is 2.87. The van der Waals surface area contributed by atoms with Gasteiger partial charge in [0.05, 0.1) is 0 Å². The average molecular weight is 400 g/mol. The van der Waals surface area contributed by atoms with Crippen molar-refractivity contribution in [1.29, 1.82) is 0 Å². The molecule has 1 aromatic rings. The van der Waals surface area contributed by atoms with Gasteiger partial charge >= 0.3 is 0 Å². The topological polar surface area (TPSA) is 57.7 Å². The molecule has 2 aliphatic heterocycles. The fourth-order valence-electron chi connectivity index (χ4n) is 4.26. The van der Waals surface area contributed by atoms with E-state index in [1.54, 1.807) is 0 Å². The maximum atomic E-state index is 13.9. The molecule has 2 atom stereocenters. The number of piperidine rings is 2. The number of sulfonamides is 1. The van der Waals surface area contributed by atoms with Crippen molar-refractivity contribution in [2.75, 3.05) is 26.2 Å². The molecule has 5 nitrogen and oxygen atoms in total. The van der Waals surface area contributed by atoms with E-state index in [9.17, 15) is 22.0 Å². The minimum atomic E-state index is -4.11. The molecule has 0 spiro atoms. The molecule has 2 unspecified atom stereocenters. The van der Waals surface area contributed by atoms with E-state index in [0.717, 1.165) is 35.9 Å². The molecule has 0 bridgehead atoms. The van der Waals surface area contributed by atoms with Gasteiger partial charge in [-0.3, -0.25) is 4.79 Å². The third-order valence-corrected chi connectivity index (χ3v) is 7.41. The fraction of sp³-hybridized carbons (Fsp3) is 0.632. The summed E-state index contributed by atoms with van der Waals surface area (Å²) in [6.45, 7) is 6.03. The monoisotopic (exact) mass is 400 g/mol. The Morgan fingerprint density at radius 3 is 2.26 bits per heavy atom. The Hall–Kier alpha value is -1.54. The summed E-state index contributed by atoms with van der Waals surface area (Å²) >= 11 is 0. The summed E-state index contributed by atoms with van der Waals surface area (Å²) in [5.74, 6) is -0.962. The van der Waals surface area contributed by atoms with Crippen LogP contribution in [0.5, 0.6) is 0 Å². The Kier molecular flexibility index (Phi) is 5.86. The van der Waals surface area contributed by atoms with E-state index in [-0.39, 0.29) is 24.9 Å². The summed E-state index contributed by atoms with van der Waals surface area (Å²) in [5, 5.41) is 0. The number of carbonyl (C=O) groups excluding carboxylic acids is 1. The third kappa shape index (κ3) is 4.32. The number of nitrogens with zero attached hydrogens (tertiary/aromatic N) is 2. The van der Waals surface area contributed by atoms with Crippen molar-refractivity contribution >= 4 is 15.9 Å². The van der Waals surface area contributed by atoms with Crippen LogP contribution < -0.4 is 0 Å². The zero-order valence-corrected chi connectivity index (χ0v) is 16.5. The predicted molar refractivity (Wildman–Crippen MR) is 97.4 cm³/mol. The highest BCUT2D eigenvalue weighted by Gasteiger charge is 2.36. The lowest BCUT2D eigenvalue weighted by Crippen LogP contribution is -2.48. The van der Waals surface area contributed by atoms with Gasteiger partial charge in [0.2, 0.25) is 15.9 Å². The number of benzene rings is 1. The summed E-state index contributed by atoms with van der Waals surface area (Å²) in [4.78, 5) is 14.1. The van der Waals surface area contributed by atoms with E-state index in [0.29, 0.717) is 30.7 Å². The van der Waals surface area contributed by atoms with Crippen LogP contribution in [-0.4, -0.2) is 49.7 Å². The quantitative estimate of drug-likeness (QED) is 0.784. The van der Waals surface area contributed by atoms with Crippen LogP contribution in [0, 0.1) is 29.4 Å². The molecule has 0 radical (unpaired) electrons. The largest absolute Gasteiger partial charge is 0.342 e. The molecule has 0 aromatic heterocycles. The van der Waals surface area contributed by atoms with Crippen LogP contribution >= 0.6 is 0 Å². The smallest absolute Gasteiger partial charge is 0.246 e. The summed E-state index contributed by atoms with van der Waals surface area (Å²) in [6, 6.07) is 2.41. The van der Waals surface area contributed by atoms with E-state index in [1.165, 1.54) is 0 Å². The first-order chi connectivity index (χ1) is 12.7. The van der Waals surface area contributed by atoms with E-state index in [2.05, 4.69) is 13.8 Å². The standard InChI is InChI=1S/C19H26F2N2O3S/c1-13-9-14(2)12-22(11-13)19(24)15-5-7-23(8-6-15)27(25,26)18-10-16(20)3-4-17(18)21/h3-4,10,13-15H,5-9,11-12H2,1-2H3. The number of amides is 1. The average Bonchev–Trinajstić information content (AvgIpc) is 2.62. The van der Waals surface area contributed by atoms with Crippen LogP contribution in [0.3, 0.4) is 0 Å².